The van der Waals surface area contributed by atoms with Crippen LogP contribution in [0.1, 0.15) is 0 Å². The Bertz CT molecular complexity index is 699. The minimum absolute atomic E-state index is 0.438. The molecular weight excluding hydrogens is 301 g/mol. The van der Waals surface area contributed by atoms with Crippen LogP contribution in [-0.4, -0.2) is 10.2 Å². The molecule has 0 aliphatic carbocycles. The van der Waals surface area contributed by atoms with Crippen LogP contribution in [-0.2, 0) is 0 Å². The van der Waals surface area contributed by atoms with Gasteiger partial charge in [0.15, 0.2) is 5.82 Å². The van der Waals surface area contributed by atoms with E-state index in [0.29, 0.717) is 15.9 Å². The number of nitrogens with zero attached hydrogens (tertiary/aromatic N) is 1. The lowest BCUT2D eigenvalue weighted by Crippen LogP contribution is -1.87. The standard InChI is InChI=1S/C13H9Cl2N3S/c14-7-3-1-4-8(15)10(7)12-11(13(16)18-17-12)9-5-2-6-19-9/h1-6H,(H3,16,17,18). The number of aromatic amines is 1. The van der Waals surface area contributed by atoms with Crippen molar-refractivity contribution in [3.63, 3.8) is 0 Å². The SMILES string of the molecule is Nc1n[nH]c(-c2c(Cl)cccc2Cl)c1-c1cccs1. The fourth-order valence-electron chi connectivity index (χ4n) is 1.94. The molecule has 3 N–H and O–H groups in total. The molecule has 0 unspecified atom stereocenters. The number of benzene rings is 1. The molecule has 96 valence electrons. The molecule has 0 saturated heterocycles. The fraction of sp³-hybridized carbons (Fsp3) is 0. The maximum Gasteiger partial charge on any atom is 0.154 e. The van der Waals surface area contributed by atoms with E-state index in [2.05, 4.69) is 10.2 Å². The van der Waals surface area contributed by atoms with Gasteiger partial charge in [-0.1, -0.05) is 35.3 Å². The highest BCUT2D eigenvalue weighted by atomic mass is 35.5. The van der Waals surface area contributed by atoms with Crippen molar-refractivity contribution in [3.8, 4) is 21.7 Å². The minimum Gasteiger partial charge on any atom is -0.382 e. The van der Waals surface area contributed by atoms with Crippen LogP contribution in [0.5, 0.6) is 0 Å². The van der Waals surface area contributed by atoms with Crippen molar-refractivity contribution in [3.05, 3.63) is 45.8 Å². The van der Waals surface area contributed by atoms with Crippen LogP contribution in [0.2, 0.25) is 10.0 Å². The summed E-state index contributed by atoms with van der Waals surface area (Å²) in [6, 6.07) is 9.33. The van der Waals surface area contributed by atoms with Crippen molar-refractivity contribution >= 4 is 40.4 Å². The van der Waals surface area contributed by atoms with Gasteiger partial charge >= 0.3 is 0 Å². The number of halogens is 2. The second kappa shape index (κ2) is 4.89. The molecular formula is C13H9Cl2N3S. The maximum absolute atomic E-state index is 6.24. The maximum atomic E-state index is 6.24. The third-order valence-electron chi connectivity index (χ3n) is 2.77. The number of anilines is 1. The molecule has 3 rings (SSSR count). The van der Waals surface area contributed by atoms with Crippen molar-refractivity contribution in [2.24, 2.45) is 0 Å². The van der Waals surface area contributed by atoms with Gasteiger partial charge in [0, 0.05) is 10.4 Å². The zero-order chi connectivity index (χ0) is 13.4. The minimum atomic E-state index is 0.438. The number of H-pyrrole nitrogens is 1. The van der Waals surface area contributed by atoms with E-state index in [-0.39, 0.29) is 0 Å². The third kappa shape index (κ3) is 2.12. The van der Waals surface area contributed by atoms with Crippen LogP contribution >= 0.6 is 34.5 Å². The molecule has 0 fully saturated rings. The molecule has 1 aromatic carbocycles. The number of nitrogen functional groups attached to an aromatic ring is 1. The van der Waals surface area contributed by atoms with Crippen LogP contribution in [0.25, 0.3) is 21.7 Å². The van der Waals surface area contributed by atoms with Crippen LogP contribution in [0.3, 0.4) is 0 Å². The van der Waals surface area contributed by atoms with E-state index >= 15 is 0 Å². The first-order valence-corrected chi connectivity index (χ1v) is 7.14. The predicted octanol–water partition coefficient (Wildman–Crippen LogP) is 4.69. The number of rotatable bonds is 2. The number of nitrogens with two attached hydrogens (primary N) is 1. The Balaban J connectivity index is 2.28. The Morgan fingerprint density at radius 1 is 1.05 bits per heavy atom. The first-order chi connectivity index (χ1) is 9.18. The molecule has 3 nitrogen and oxygen atoms in total. The smallest absolute Gasteiger partial charge is 0.154 e. The topological polar surface area (TPSA) is 54.7 Å². The normalized spacial score (nSPS) is 10.8. The van der Waals surface area contributed by atoms with Crippen molar-refractivity contribution < 1.29 is 0 Å². The average Bonchev–Trinajstić information content (AvgIpc) is 2.99. The molecule has 3 aromatic rings. The second-order valence-corrected chi connectivity index (χ2v) is 5.69. The highest BCUT2D eigenvalue weighted by molar-refractivity contribution is 7.13. The predicted molar refractivity (Wildman–Crippen MR) is 81.8 cm³/mol. The summed E-state index contributed by atoms with van der Waals surface area (Å²) in [4.78, 5) is 1.03. The molecule has 0 spiro atoms. The molecule has 2 aromatic heterocycles. The van der Waals surface area contributed by atoms with Gasteiger partial charge in [-0.2, -0.15) is 5.10 Å². The summed E-state index contributed by atoms with van der Waals surface area (Å²) < 4.78 is 0. The van der Waals surface area contributed by atoms with Gasteiger partial charge in [-0.15, -0.1) is 11.3 Å². The van der Waals surface area contributed by atoms with E-state index in [1.54, 1.807) is 29.5 Å². The molecule has 0 aliphatic rings. The molecule has 2 heterocycles. The Hall–Kier alpha value is -1.49. The summed E-state index contributed by atoms with van der Waals surface area (Å²) in [5.41, 5.74) is 8.25. The van der Waals surface area contributed by atoms with Crippen LogP contribution in [0.15, 0.2) is 35.7 Å². The number of thiophene rings is 1. The summed E-state index contributed by atoms with van der Waals surface area (Å²) in [5, 5.41) is 10.1. The van der Waals surface area contributed by atoms with Crippen molar-refractivity contribution in [2.75, 3.05) is 5.73 Å². The largest absolute Gasteiger partial charge is 0.382 e. The van der Waals surface area contributed by atoms with Crippen LogP contribution in [0.4, 0.5) is 5.82 Å². The van der Waals surface area contributed by atoms with E-state index < -0.39 is 0 Å². The van der Waals surface area contributed by atoms with E-state index in [9.17, 15) is 0 Å². The molecule has 0 atom stereocenters. The number of nitrogens with one attached hydrogen (secondary N) is 1. The summed E-state index contributed by atoms with van der Waals surface area (Å²) in [5.74, 6) is 0.438. The third-order valence-corrected chi connectivity index (χ3v) is 4.29. The molecule has 0 radical (unpaired) electrons. The molecule has 0 aliphatic heterocycles. The van der Waals surface area contributed by atoms with E-state index in [4.69, 9.17) is 28.9 Å². The summed E-state index contributed by atoms with van der Waals surface area (Å²) in [6.45, 7) is 0. The Labute approximate surface area is 124 Å². The average molecular weight is 310 g/mol. The first-order valence-electron chi connectivity index (χ1n) is 5.50. The quantitative estimate of drug-likeness (QED) is 0.721. The lowest BCUT2D eigenvalue weighted by Gasteiger charge is -2.07. The van der Waals surface area contributed by atoms with Gasteiger partial charge in [0.1, 0.15) is 0 Å². The van der Waals surface area contributed by atoms with Gasteiger partial charge in [0.2, 0.25) is 0 Å². The second-order valence-electron chi connectivity index (χ2n) is 3.93. The Morgan fingerprint density at radius 2 is 1.79 bits per heavy atom. The van der Waals surface area contributed by atoms with Crippen LogP contribution in [0, 0.1) is 0 Å². The number of hydrogen-bond donors (Lipinski definition) is 2. The zero-order valence-corrected chi connectivity index (χ0v) is 12.0. The van der Waals surface area contributed by atoms with E-state index in [0.717, 1.165) is 21.7 Å². The summed E-state index contributed by atoms with van der Waals surface area (Å²) in [6.07, 6.45) is 0. The van der Waals surface area contributed by atoms with Gasteiger partial charge in [-0.05, 0) is 23.6 Å². The highest BCUT2D eigenvalue weighted by Gasteiger charge is 2.19. The lowest BCUT2D eigenvalue weighted by molar-refractivity contribution is 1.10. The van der Waals surface area contributed by atoms with Gasteiger partial charge in [-0.25, -0.2) is 0 Å². The first kappa shape index (κ1) is 12.5. The molecule has 6 heteroatoms. The Kier molecular flexibility index (Phi) is 3.22. The van der Waals surface area contributed by atoms with Crippen molar-refractivity contribution in [1.82, 2.24) is 10.2 Å². The van der Waals surface area contributed by atoms with E-state index in [1.807, 2.05) is 17.5 Å². The van der Waals surface area contributed by atoms with Gasteiger partial charge in [0.25, 0.3) is 0 Å². The highest BCUT2D eigenvalue weighted by Crippen LogP contribution is 2.42. The van der Waals surface area contributed by atoms with Gasteiger partial charge in [0.05, 0.1) is 21.3 Å². The van der Waals surface area contributed by atoms with Gasteiger partial charge in [-0.3, -0.25) is 5.10 Å². The van der Waals surface area contributed by atoms with Crippen molar-refractivity contribution in [2.45, 2.75) is 0 Å². The fourth-order valence-corrected chi connectivity index (χ4v) is 3.32. The number of aromatic nitrogens is 2. The van der Waals surface area contributed by atoms with Crippen molar-refractivity contribution in [1.29, 1.82) is 0 Å². The number of hydrogen-bond acceptors (Lipinski definition) is 3. The molecule has 0 bridgehead atoms. The zero-order valence-electron chi connectivity index (χ0n) is 9.65. The monoisotopic (exact) mass is 309 g/mol. The molecule has 0 saturated carbocycles. The molecule has 0 amide bonds. The Morgan fingerprint density at radius 3 is 2.42 bits per heavy atom. The van der Waals surface area contributed by atoms with Crippen LogP contribution < -0.4 is 5.73 Å². The lowest BCUT2D eigenvalue weighted by atomic mass is 10.1. The summed E-state index contributed by atoms with van der Waals surface area (Å²) >= 11 is 14.1. The van der Waals surface area contributed by atoms with Gasteiger partial charge < -0.3 is 5.73 Å². The summed E-state index contributed by atoms with van der Waals surface area (Å²) in [7, 11) is 0. The van der Waals surface area contributed by atoms with E-state index in [1.165, 1.54) is 0 Å². The molecule has 19 heavy (non-hydrogen) atoms.